The van der Waals surface area contributed by atoms with Gasteiger partial charge in [-0.25, -0.2) is 9.78 Å². The lowest BCUT2D eigenvalue weighted by Crippen LogP contribution is -2.39. The number of hydrogen-bond acceptors (Lipinski definition) is 5. The van der Waals surface area contributed by atoms with Crippen LogP contribution in [0.3, 0.4) is 0 Å². The maximum atomic E-state index is 11.8. The fourth-order valence-corrected chi connectivity index (χ4v) is 1.57. The van der Waals surface area contributed by atoms with Crippen molar-refractivity contribution in [1.82, 2.24) is 10.3 Å². The van der Waals surface area contributed by atoms with Gasteiger partial charge in [0.05, 0.1) is 6.61 Å². The van der Waals surface area contributed by atoms with Gasteiger partial charge in [0.15, 0.2) is 0 Å². The number of aromatic nitrogens is 1. The lowest BCUT2D eigenvalue weighted by atomic mass is 10.2. The molecule has 8 heteroatoms. The number of rotatable bonds is 7. The first-order valence-electron chi connectivity index (χ1n) is 5.88. The Balaban J connectivity index is 2.74. The summed E-state index contributed by atoms with van der Waals surface area (Å²) in [6.07, 6.45) is 0. The van der Waals surface area contributed by atoms with Crippen LogP contribution in [0.5, 0.6) is 0 Å². The molecule has 0 aromatic carbocycles. The summed E-state index contributed by atoms with van der Waals surface area (Å²) < 4.78 is 4.81. The number of halogens is 1. The number of hydrogen-bond donors (Lipinski definition) is 3. The molecule has 0 aliphatic heterocycles. The van der Waals surface area contributed by atoms with Gasteiger partial charge >= 0.3 is 5.97 Å². The Morgan fingerprint density at radius 3 is 2.80 bits per heavy atom. The molecule has 0 radical (unpaired) electrons. The average molecular weight is 302 g/mol. The third-order valence-corrected chi connectivity index (χ3v) is 2.65. The second-order valence-corrected chi connectivity index (χ2v) is 4.37. The van der Waals surface area contributed by atoms with Gasteiger partial charge < -0.3 is 20.5 Å². The van der Waals surface area contributed by atoms with Crippen molar-refractivity contribution in [2.45, 2.75) is 13.0 Å². The first-order valence-corrected chi connectivity index (χ1v) is 6.26. The lowest BCUT2D eigenvalue weighted by Gasteiger charge is -2.16. The van der Waals surface area contributed by atoms with Gasteiger partial charge in [-0.15, -0.1) is 0 Å². The number of carboxylic acid groups (broad SMARTS) is 1. The van der Waals surface area contributed by atoms with Gasteiger partial charge in [-0.05, 0) is 19.1 Å². The number of carbonyl (C=O) groups is 2. The van der Waals surface area contributed by atoms with Gasteiger partial charge in [0.2, 0.25) is 5.91 Å². The number of carboxylic acids is 1. The van der Waals surface area contributed by atoms with Crippen molar-refractivity contribution in [1.29, 1.82) is 0 Å². The van der Waals surface area contributed by atoms with Crippen LogP contribution in [0, 0.1) is 0 Å². The highest BCUT2D eigenvalue weighted by atomic mass is 35.5. The van der Waals surface area contributed by atoms with Gasteiger partial charge in [0.25, 0.3) is 0 Å². The smallest absolute Gasteiger partial charge is 0.339 e. The molecule has 0 bridgehead atoms. The first kappa shape index (κ1) is 16.2. The van der Waals surface area contributed by atoms with Crippen LogP contribution in [-0.2, 0) is 9.53 Å². The van der Waals surface area contributed by atoms with Gasteiger partial charge in [0.1, 0.15) is 22.6 Å². The van der Waals surface area contributed by atoms with E-state index in [-0.39, 0.29) is 22.4 Å². The molecule has 0 spiro atoms. The van der Waals surface area contributed by atoms with E-state index in [4.69, 9.17) is 21.4 Å². The predicted molar refractivity (Wildman–Crippen MR) is 74.2 cm³/mol. The molecule has 1 rings (SSSR count). The van der Waals surface area contributed by atoms with E-state index in [1.54, 1.807) is 6.92 Å². The number of methoxy groups -OCH3 is 1. The first-order chi connectivity index (χ1) is 9.45. The Labute approximate surface area is 121 Å². The van der Waals surface area contributed by atoms with Crippen molar-refractivity contribution < 1.29 is 19.4 Å². The molecule has 0 fully saturated rings. The highest BCUT2D eigenvalue weighted by Crippen LogP contribution is 2.17. The van der Waals surface area contributed by atoms with E-state index in [2.05, 4.69) is 15.6 Å². The Bertz CT molecular complexity index is 496. The maximum absolute atomic E-state index is 11.8. The van der Waals surface area contributed by atoms with Crippen LogP contribution in [0.25, 0.3) is 0 Å². The van der Waals surface area contributed by atoms with Crippen LogP contribution < -0.4 is 10.6 Å². The summed E-state index contributed by atoms with van der Waals surface area (Å²) in [5, 5.41) is 14.5. The number of aromatic carboxylic acids is 1. The second kappa shape index (κ2) is 7.66. The predicted octanol–water partition coefficient (Wildman–Crippen LogP) is 0.996. The molecule has 20 heavy (non-hydrogen) atoms. The second-order valence-electron chi connectivity index (χ2n) is 3.99. The lowest BCUT2D eigenvalue weighted by molar-refractivity contribution is -0.121. The van der Waals surface area contributed by atoms with Crippen LogP contribution in [0.2, 0.25) is 5.15 Å². The third-order valence-electron chi connectivity index (χ3n) is 2.44. The van der Waals surface area contributed by atoms with Crippen molar-refractivity contribution in [3.63, 3.8) is 0 Å². The Kier molecular flexibility index (Phi) is 6.20. The molecule has 0 saturated carbocycles. The molecule has 0 saturated heterocycles. The maximum Gasteiger partial charge on any atom is 0.339 e. The van der Waals surface area contributed by atoms with E-state index in [1.165, 1.54) is 19.2 Å². The number of nitrogens with one attached hydrogen (secondary N) is 2. The Morgan fingerprint density at radius 1 is 1.50 bits per heavy atom. The fraction of sp³-hybridized carbons (Fsp3) is 0.417. The number of carbonyl (C=O) groups excluding carboxylic acids is 1. The molecule has 0 aliphatic rings. The molecule has 1 atom stereocenters. The monoisotopic (exact) mass is 301 g/mol. The van der Waals surface area contributed by atoms with E-state index < -0.39 is 12.0 Å². The third kappa shape index (κ3) is 4.67. The van der Waals surface area contributed by atoms with E-state index in [0.717, 1.165) is 0 Å². The van der Waals surface area contributed by atoms with Crippen molar-refractivity contribution >= 4 is 29.3 Å². The summed E-state index contributed by atoms with van der Waals surface area (Å²) in [4.78, 5) is 26.7. The van der Waals surface area contributed by atoms with E-state index in [0.29, 0.717) is 13.2 Å². The van der Waals surface area contributed by atoms with E-state index >= 15 is 0 Å². The van der Waals surface area contributed by atoms with Crippen LogP contribution in [0.1, 0.15) is 17.3 Å². The molecule has 0 aliphatic carbocycles. The van der Waals surface area contributed by atoms with Crippen LogP contribution >= 0.6 is 11.6 Å². The number of amides is 1. The summed E-state index contributed by atoms with van der Waals surface area (Å²) in [6, 6.07) is 2.05. The highest BCUT2D eigenvalue weighted by Gasteiger charge is 2.18. The molecular weight excluding hydrogens is 286 g/mol. The largest absolute Gasteiger partial charge is 0.478 e. The standard InChI is InChI=1S/C12H16ClN3O4/c1-7(11(17)14-5-6-20-2)15-10-8(12(18)19)3-4-9(13)16-10/h3-4,7H,5-6H2,1-2H3,(H,14,17)(H,15,16)(H,18,19). The van der Waals surface area contributed by atoms with Crippen LogP contribution in [0.4, 0.5) is 5.82 Å². The van der Waals surface area contributed by atoms with Crippen LogP contribution in [-0.4, -0.2) is 48.3 Å². The van der Waals surface area contributed by atoms with Crippen molar-refractivity contribution in [2.75, 3.05) is 25.6 Å². The van der Waals surface area contributed by atoms with E-state index in [9.17, 15) is 9.59 Å². The molecule has 1 unspecified atom stereocenters. The molecule has 7 nitrogen and oxygen atoms in total. The SMILES string of the molecule is COCCNC(=O)C(C)Nc1nc(Cl)ccc1C(=O)O. The van der Waals surface area contributed by atoms with E-state index in [1.807, 2.05) is 0 Å². The minimum atomic E-state index is -1.15. The number of ether oxygens (including phenoxy) is 1. The Morgan fingerprint density at radius 2 is 2.20 bits per heavy atom. The zero-order chi connectivity index (χ0) is 15.1. The highest BCUT2D eigenvalue weighted by molar-refractivity contribution is 6.29. The molecule has 1 aromatic rings. The molecule has 1 aromatic heterocycles. The number of pyridine rings is 1. The molecule has 1 amide bonds. The topological polar surface area (TPSA) is 101 Å². The minimum Gasteiger partial charge on any atom is -0.478 e. The molecule has 3 N–H and O–H groups in total. The molecule has 1 heterocycles. The summed E-state index contributed by atoms with van der Waals surface area (Å²) in [5.74, 6) is -1.39. The summed E-state index contributed by atoms with van der Waals surface area (Å²) in [5.41, 5.74) is -0.0501. The van der Waals surface area contributed by atoms with Crippen molar-refractivity contribution in [3.8, 4) is 0 Å². The minimum absolute atomic E-state index is 0.0501. The number of anilines is 1. The summed E-state index contributed by atoms with van der Waals surface area (Å²) >= 11 is 5.73. The molecule has 110 valence electrons. The number of nitrogens with zero attached hydrogens (tertiary/aromatic N) is 1. The van der Waals surface area contributed by atoms with Crippen LogP contribution in [0.15, 0.2) is 12.1 Å². The average Bonchev–Trinajstić information content (AvgIpc) is 2.38. The van der Waals surface area contributed by atoms with Crippen molar-refractivity contribution in [2.24, 2.45) is 0 Å². The van der Waals surface area contributed by atoms with Gasteiger partial charge in [0, 0.05) is 13.7 Å². The fourth-order valence-electron chi connectivity index (χ4n) is 1.42. The molecular formula is C12H16ClN3O4. The normalized spacial score (nSPS) is 11.8. The Hall–Kier alpha value is -1.86. The van der Waals surface area contributed by atoms with Gasteiger partial charge in [-0.3, -0.25) is 4.79 Å². The quantitative estimate of drug-likeness (QED) is 0.513. The zero-order valence-corrected chi connectivity index (χ0v) is 11.9. The summed E-state index contributed by atoms with van der Waals surface area (Å²) in [7, 11) is 1.53. The summed E-state index contributed by atoms with van der Waals surface area (Å²) in [6.45, 7) is 2.36. The van der Waals surface area contributed by atoms with Gasteiger partial charge in [-0.2, -0.15) is 0 Å². The van der Waals surface area contributed by atoms with Crippen molar-refractivity contribution in [3.05, 3.63) is 22.8 Å². The zero-order valence-electron chi connectivity index (χ0n) is 11.1. The van der Waals surface area contributed by atoms with Gasteiger partial charge in [-0.1, -0.05) is 11.6 Å².